The number of hydrogen-bond acceptors (Lipinski definition) is 11. The van der Waals surface area contributed by atoms with Crippen molar-refractivity contribution in [1.29, 1.82) is 0 Å². The summed E-state index contributed by atoms with van der Waals surface area (Å²) in [5.41, 5.74) is 5.06. The quantitative estimate of drug-likeness (QED) is 0.139. The van der Waals surface area contributed by atoms with E-state index in [0.717, 1.165) is 9.80 Å². The minimum Gasteiger partial charge on any atom is -0.370 e. The van der Waals surface area contributed by atoms with Crippen LogP contribution in [0.25, 0.3) is 0 Å². The van der Waals surface area contributed by atoms with Crippen molar-refractivity contribution in [3.63, 3.8) is 0 Å². The molecule has 3 amide bonds. The molecule has 4 aliphatic heterocycles. The molecule has 3 unspecified atom stereocenters. The molecule has 5 rings (SSSR count). The summed E-state index contributed by atoms with van der Waals surface area (Å²) in [4.78, 5) is 47.6. The predicted octanol–water partition coefficient (Wildman–Crippen LogP) is -1.35. The molecular weight excluding hydrogens is 570 g/mol. The Bertz CT molecular complexity index is 1380. The van der Waals surface area contributed by atoms with E-state index in [9.17, 15) is 50.9 Å². The van der Waals surface area contributed by atoms with Gasteiger partial charge < -0.3 is 37.2 Å². The Morgan fingerprint density at radius 1 is 1.07 bits per heavy atom. The van der Waals surface area contributed by atoms with Crippen molar-refractivity contribution in [3.05, 3.63) is 34.9 Å². The lowest BCUT2D eigenvalue weighted by Gasteiger charge is -2.49. The summed E-state index contributed by atoms with van der Waals surface area (Å²) in [6, 6.07) is -4.14. The van der Waals surface area contributed by atoms with Crippen LogP contribution in [0, 0.1) is 0 Å². The lowest BCUT2D eigenvalue weighted by molar-refractivity contribution is -0.230. The first kappa shape index (κ1) is 28.4. The number of benzene rings is 1. The molecule has 2 fully saturated rings. The van der Waals surface area contributed by atoms with Crippen molar-refractivity contribution in [2.45, 2.75) is 54.8 Å². The van der Waals surface area contributed by atoms with Crippen LogP contribution in [-0.4, -0.2) is 92.3 Å². The molecule has 0 saturated carbocycles. The van der Waals surface area contributed by atoms with Crippen LogP contribution >= 0.6 is 0 Å². The number of nitrogens with zero attached hydrogens (tertiary/aromatic N) is 4. The van der Waals surface area contributed by atoms with Crippen LogP contribution in [0.2, 0.25) is 0 Å². The van der Waals surface area contributed by atoms with Gasteiger partial charge in [0, 0.05) is 19.4 Å². The van der Waals surface area contributed by atoms with E-state index >= 15 is 0 Å². The van der Waals surface area contributed by atoms with Crippen LogP contribution in [-0.2, 0) is 21.9 Å². The molecule has 0 bridgehead atoms. The van der Waals surface area contributed by atoms with E-state index in [1.54, 1.807) is 0 Å². The minimum absolute atomic E-state index is 0.00278. The third-order valence-electron chi connectivity index (χ3n) is 7.53. The van der Waals surface area contributed by atoms with Crippen LogP contribution in [0.1, 0.15) is 34.3 Å². The topological polar surface area (TPSA) is 199 Å². The number of guanidine groups is 2. The maximum atomic E-state index is 13.6. The van der Waals surface area contributed by atoms with Crippen molar-refractivity contribution in [1.82, 2.24) is 20.4 Å². The Labute approximate surface area is 225 Å². The van der Waals surface area contributed by atoms with Gasteiger partial charge in [-0.25, -0.2) is 9.98 Å². The molecule has 1 aromatic rings. The Morgan fingerprint density at radius 2 is 1.71 bits per heavy atom. The van der Waals surface area contributed by atoms with Crippen molar-refractivity contribution < 1.29 is 50.9 Å². The highest BCUT2D eigenvalue weighted by molar-refractivity contribution is 6.02. The molecule has 4 heterocycles. The normalized spacial score (nSPS) is 29.1. The molecule has 41 heavy (non-hydrogen) atoms. The summed E-state index contributed by atoms with van der Waals surface area (Å²) < 4.78 is 80.5. The first-order valence-electron chi connectivity index (χ1n) is 12.0. The van der Waals surface area contributed by atoms with Gasteiger partial charge in [-0.05, 0) is 18.2 Å². The smallest absolute Gasteiger partial charge is 0.370 e. The molecule has 19 heteroatoms. The van der Waals surface area contributed by atoms with Crippen LogP contribution < -0.4 is 22.1 Å². The predicted molar refractivity (Wildman–Crippen MR) is 124 cm³/mol. The van der Waals surface area contributed by atoms with Crippen LogP contribution in [0.15, 0.2) is 28.2 Å². The first-order chi connectivity index (χ1) is 18.9. The number of imide groups is 1. The zero-order valence-electron chi connectivity index (χ0n) is 20.6. The SMILES string of the molecule is NC1=N[C@H]2C(CN3C(=O)CCC3=O)N=C(N)N3CC(NC(=O)c4cc(C(F)(F)F)ccc4C(F)(F)F)C(O)(O)C23N1. The van der Waals surface area contributed by atoms with Crippen molar-refractivity contribution in [2.75, 3.05) is 13.1 Å². The van der Waals surface area contributed by atoms with E-state index in [1.165, 1.54) is 0 Å². The second kappa shape index (κ2) is 8.93. The molecule has 4 atom stereocenters. The fourth-order valence-electron chi connectivity index (χ4n) is 5.64. The highest BCUT2D eigenvalue weighted by Crippen LogP contribution is 2.45. The standard InChI is InChI=1S/C22H22F6N8O5/c23-21(24,25)8-1-2-10(22(26,27)28)9(5-8)16(39)32-12-7-36-18(30)31-11(6-35-13(37)3-4-14(35)38)15-19(36,20(12,40)41)34-17(29)33-15/h1-2,5,11-12,15,40-41H,3-4,6-7H2,(H2,30,31)(H,32,39)(H3,29,33,34)/t11?,12?,15-,19?/m0/s1. The molecule has 8 N–H and O–H groups in total. The van der Waals surface area contributed by atoms with Crippen molar-refractivity contribution >= 4 is 29.6 Å². The van der Waals surface area contributed by atoms with E-state index < -0.39 is 82.9 Å². The number of alkyl halides is 6. The van der Waals surface area contributed by atoms with Crippen LogP contribution in [0.4, 0.5) is 26.3 Å². The maximum Gasteiger partial charge on any atom is 0.417 e. The van der Waals surface area contributed by atoms with Crippen LogP contribution in [0.3, 0.4) is 0 Å². The molecule has 0 aromatic heterocycles. The van der Waals surface area contributed by atoms with Crippen molar-refractivity contribution in [3.8, 4) is 0 Å². The second-order valence-electron chi connectivity index (χ2n) is 9.92. The van der Waals surface area contributed by atoms with Crippen molar-refractivity contribution in [2.24, 2.45) is 21.5 Å². The number of nitrogens with one attached hydrogen (secondary N) is 2. The lowest BCUT2D eigenvalue weighted by Crippen LogP contribution is -2.78. The van der Waals surface area contributed by atoms with Gasteiger partial charge in [0.15, 0.2) is 17.6 Å². The molecular formula is C22H22F6N8O5. The number of likely N-dealkylation sites (tertiary alicyclic amines) is 1. The summed E-state index contributed by atoms with van der Waals surface area (Å²) >= 11 is 0. The third-order valence-corrected chi connectivity index (χ3v) is 7.53. The third kappa shape index (κ3) is 4.30. The monoisotopic (exact) mass is 592 g/mol. The largest absolute Gasteiger partial charge is 0.417 e. The number of nitrogens with two attached hydrogens (primary N) is 2. The molecule has 0 radical (unpaired) electrons. The number of carbonyl (C=O) groups is 3. The van der Waals surface area contributed by atoms with Gasteiger partial charge in [-0.3, -0.25) is 19.3 Å². The number of hydrogen-bond donors (Lipinski definition) is 6. The summed E-state index contributed by atoms with van der Waals surface area (Å²) in [5, 5.41) is 27.3. The Kier molecular flexibility index (Phi) is 6.19. The number of aliphatic imine (C=N–C) groups is 2. The zero-order valence-corrected chi connectivity index (χ0v) is 20.6. The molecule has 4 aliphatic rings. The summed E-state index contributed by atoms with van der Waals surface area (Å²) in [6.07, 6.45) is -10.4. The Morgan fingerprint density at radius 3 is 2.29 bits per heavy atom. The number of rotatable bonds is 4. The average molecular weight is 592 g/mol. The average Bonchev–Trinajstić information content (AvgIpc) is 3.45. The number of carbonyl (C=O) groups excluding carboxylic acids is 3. The molecule has 2 saturated heterocycles. The van der Waals surface area contributed by atoms with Gasteiger partial charge in [0.05, 0.1) is 29.3 Å². The summed E-state index contributed by atoms with van der Waals surface area (Å²) in [5.74, 6) is -6.61. The molecule has 1 aromatic carbocycles. The lowest BCUT2D eigenvalue weighted by atomic mass is 9.84. The van der Waals surface area contributed by atoms with E-state index in [-0.39, 0.29) is 49.5 Å². The number of halogens is 6. The van der Waals surface area contributed by atoms with E-state index in [0.29, 0.717) is 0 Å². The molecule has 1 spiro atoms. The summed E-state index contributed by atoms with van der Waals surface area (Å²) in [6.45, 7) is -0.988. The van der Waals surface area contributed by atoms with Gasteiger partial charge in [0.2, 0.25) is 17.6 Å². The Hall–Kier alpha value is -4.13. The van der Waals surface area contributed by atoms with E-state index in [4.69, 9.17) is 11.5 Å². The highest BCUT2D eigenvalue weighted by atomic mass is 19.4. The highest BCUT2D eigenvalue weighted by Gasteiger charge is 2.73. The molecule has 222 valence electrons. The first-order valence-corrected chi connectivity index (χ1v) is 12.0. The minimum atomic E-state index is -5.23. The maximum absolute atomic E-state index is 13.6. The second-order valence-corrected chi connectivity index (χ2v) is 9.92. The summed E-state index contributed by atoms with van der Waals surface area (Å²) in [7, 11) is 0. The Balaban J connectivity index is 1.49. The number of aliphatic hydroxyl groups is 2. The fraction of sp³-hybridized carbons (Fsp3) is 0.500. The molecule has 0 aliphatic carbocycles. The molecule has 13 nitrogen and oxygen atoms in total. The van der Waals surface area contributed by atoms with Gasteiger partial charge >= 0.3 is 12.4 Å². The van der Waals surface area contributed by atoms with Gasteiger partial charge in [-0.1, -0.05) is 0 Å². The van der Waals surface area contributed by atoms with Gasteiger partial charge in [-0.2, -0.15) is 26.3 Å². The van der Waals surface area contributed by atoms with E-state index in [2.05, 4.69) is 15.3 Å². The number of amides is 3. The van der Waals surface area contributed by atoms with E-state index in [1.807, 2.05) is 5.32 Å². The van der Waals surface area contributed by atoms with Gasteiger partial charge in [0.1, 0.15) is 12.1 Å². The fourth-order valence-corrected chi connectivity index (χ4v) is 5.64. The van der Waals surface area contributed by atoms with Crippen LogP contribution in [0.5, 0.6) is 0 Å². The zero-order chi connectivity index (χ0) is 30.3. The van der Waals surface area contributed by atoms with Gasteiger partial charge in [0.25, 0.3) is 5.91 Å². The van der Waals surface area contributed by atoms with Gasteiger partial charge in [-0.15, -0.1) is 0 Å².